The van der Waals surface area contributed by atoms with E-state index in [0.29, 0.717) is 22.8 Å². The Kier molecular flexibility index (Phi) is 5.01. The van der Waals surface area contributed by atoms with Gasteiger partial charge in [-0.2, -0.15) is 0 Å². The summed E-state index contributed by atoms with van der Waals surface area (Å²) in [5.41, 5.74) is 2.37. The van der Waals surface area contributed by atoms with Crippen LogP contribution < -0.4 is 5.32 Å². The fraction of sp³-hybridized carbons (Fsp3) is 0.500. The number of rotatable bonds is 3. The van der Waals surface area contributed by atoms with Crippen LogP contribution in [0.5, 0.6) is 0 Å². The fourth-order valence-corrected chi connectivity index (χ4v) is 3.49. The van der Waals surface area contributed by atoms with Gasteiger partial charge < -0.3 is 19.4 Å². The first-order valence-corrected chi connectivity index (χ1v) is 8.71. The van der Waals surface area contributed by atoms with Gasteiger partial charge >= 0.3 is 6.03 Å². The van der Waals surface area contributed by atoms with E-state index in [4.69, 9.17) is 20.8 Å². The highest BCUT2D eigenvalue weighted by atomic mass is 35.5. The van der Waals surface area contributed by atoms with Crippen molar-refractivity contribution in [3.8, 4) is 0 Å². The van der Waals surface area contributed by atoms with E-state index in [0.717, 1.165) is 42.5 Å². The lowest BCUT2D eigenvalue weighted by molar-refractivity contribution is 0.0458. The normalized spacial score (nSPS) is 18.2. The van der Waals surface area contributed by atoms with Crippen molar-refractivity contribution in [1.29, 1.82) is 0 Å². The Labute approximate surface area is 146 Å². The Morgan fingerprint density at radius 3 is 3.00 bits per heavy atom. The van der Waals surface area contributed by atoms with Crippen LogP contribution in [0.2, 0.25) is 5.02 Å². The number of methoxy groups -OCH3 is 1. The van der Waals surface area contributed by atoms with Crippen LogP contribution in [0.4, 0.5) is 10.5 Å². The zero-order valence-corrected chi connectivity index (χ0v) is 15.1. The van der Waals surface area contributed by atoms with Crippen LogP contribution in [0.15, 0.2) is 16.5 Å². The number of anilines is 1. The molecule has 0 radical (unpaired) electrons. The molecule has 1 atom stereocenters. The summed E-state index contributed by atoms with van der Waals surface area (Å²) in [6.07, 6.45) is 2.82. The number of ether oxygens (including phenoxy) is 1. The van der Waals surface area contributed by atoms with Crippen LogP contribution in [-0.2, 0) is 11.2 Å². The number of aryl methyl sites for hydroxylation is 2. The number of benzene rings is 1. The largest absolute Gasteiger partial charge is 0.459 e. The molecule has 3 rings (SSSR count). The standard InChI is InChI=1S/C18H23ClN2O3/c1-4-16-11(2)14-8-12(19)9-15(17(14)24-16)20-18(22)21-7-5-6-13(10-21)23-3/h8-9,13H,4-7,10H2,1-3H3,(H,20,22). The third-order valence-electron chi connectivity index (χ3n) is 4.66. The first kappa shape index (κ1) is 17.1. The van der Waals surface area contributed by atoms with Gasteiger partial charge in [-0.15, -0.1) is 0 Å². The number of hydrogen-bond donors (Lipinski definition) is 1. The van der Waals surface area contributed by atoms with Crippen molar-refractivity contribution in [3.63, 3.8) is 0 Å². The molecule has 1 aliphatic rings. The topological polar surface area (TPSA) is 54.7 Å². The van der Waals surface area contributed by atoms with Crippen molar-refractivity contribution in [2.75, 3.05) is 25.5 Å². The number of carbonyl (C=O) groups excluding carboxylic acids is 1. The van der Waals surface area contributed by atoms with E-state index >= 15 is 0 Å². The lowest BCUT2D eigenvalue weighted by atomic mass is 10.1. The molecule has 1 aromatic carbocycles. The van der Waals surface area contributed by atoms with Crippen molar-refractivity contribution in [2.24, 2.45) is 0 Å². The first-order valence-electron chi connectivity index (χ1n) is 8.33. The van der Waals surface area contributed by atoms with E-state index in [9.17, 15) is 4.79 Å². The molecule has 24 heavy (non-hydrogen) atoms. The monoisotopic (exact) mass is 350 g/mol. The summed E-state index contributed by atoms with van der Waals surface area (Å²) in [5.74, 6) is 0.917. The first-order chi connectivity index (χ1) is 11.5. The van der Waals surface area contributed by atoms with Gasteiger partial charge in [-0.25, -0.2) is 4.79 Å². The van der Waals surface area contributed by atoms with E-state index in [-0.39, 0.29) is 12.1 Å². The average Bonchev–Trinajstić information content (AvgIpc) is 2.91. The Bertz CT molecular complexity index is 756. The van der Waals surface area contributed by atoms with Gasteiger partial charge in [0.05, 0.1) is 11.8 Å². The number of amides is 2. The molecule has 2 amide bonds. The highest BCUT2D eigenvalue weighted by Crippen LogP contribution is 2.34. The van der Waals surface area contributed by atoms with Gasteiger partial charge in [0.2, 0.25) is 0 Å². The highest BCUT2D eigenvalue weighted by molar-refractivity contribution is 6.32. The minimum Gasteiger partial charge on any atom is -0.459 e. The van der Waals surface area contributed by atoms with Gasteiger partial charge in [-0.3, -0.25) is 0 Å². The molecule has 1 N–H and O–H groups in total. The predicted molar refractivity (Wildman–Crippen MR) is 96.0 cm³/mol. The maximum Gasteiger partial charge on any atom is 0.322 e. The molecule has 0 spiro atoms. The van der Waals surface area contributed by atoms with E-state index in [2.05, 4.69) is 5.32 Å². The molecule has 5 nitrogen and oxygen atoms in total. The number of hydrogen-bond acceptors (Lipinski definition) is 3. The quantitative estimate of drug-likeness (QED) is 0.880. The molecule has 1 fully saturated rings. The van der Waals surface area contributed by atoms with Crippen LogP contribution in [0.3, 0.4) is 0 Å². The third-order valence-corrected chi connectivity index (χ3v) is 4.88. The Hall–Kier alpha value is -1.72. The van der Waals surface area contributed by atoms with Gasteiger partial charge in [0.25, 0.3) is 0 Å². The molecule has 1 aromatic heterocycles. The molecule has 0 saturated carbocycles. The Balaban J connectivity index is 1.88. The fourth-order valence-electron chi connectivity index (χ4n) is 3.27. The van der Waals surface area contributed by atoms with Crippen LogP contribution in [0.25, 0.3) is 11.0 Å². The smallest absolute Gasteiger partial charge is 0.322 e. The predicted octanol–water partition coefficient (Wildman–Crippen LogP) is 4.60. The van der Waals surface area contributed by atoms with Crippen molar-refractivity contribution >= 4 is 34.3 Å². The molecule has 130 valence electrons. The van der Waals surface area contributed by atoms with Gasteiger partial charge in [0.15, 0.2) is 5.58 Å². The second kappa shape index (κ2) is 7.03. The molecule has 1 unspecified atom stereocenters. The van der Waals surface area contributed by atoms with Crippen LogP contribution in [-0.4, -0.2) is 37.2 Å². The van der Waals surface area contributed by atoms with Crippen molar-refractivity contribution in [1.82, 2.24) is 4.90 Å². The molecule has 0 aliphatic carbocycles. The van der Waals surface area contributed by atoms with Crippen molar-refractivity contribution in [3.05, 3.63) is 28.5 Å². The number of nitrogens with zero attached hydrogens (tertiary/aromatic N) is 1. The second-order valence-corrected chi connectivity index (χ2v) is 6.65. The zero-order valence-electron chi connectivity index (χ0n) is 14.3. The van der Waals surface area contributed by atoms with Gasteiger partial charge in [0.1, 0.15) is 5.76 Å². The van der Waals surface area contributed by atoms with Crippen LogP contribution >= 0.6 is 11.6 Å². The number of halogens is 1. The number of carbonyl (C=O) groups is 1. The molecule has 2 aromatic rings. The molecule has 1 aliphatic heterocycles. The van der Waals surface area contributed by atoms with Gasteiger partial charge in [0, 0.05) is 37.0 Å². The van der Waals surface area contributed by atoms with Gasteiger partial charge in [-0.1, -0.05) is 18.5 Å². The summed E-state index contributed by atoms with van der Waals surface area (Å²) in [6, 6.07) is 3.47. The van der Waals surface area contributed by atoms with Crippen molar-refractivity contribution < 1.29 is 13.9 Å². The van der Waals surface area contributed by atoms with Crippen molar-refractivity contribution in [2.45, 2.75) is 39.2 Å². The number of furan rings is 1. The minimum absolute atomic E-state index is 0.0985. The molecule has 1 saturated heterocycles. The average molecular weight is 351 g/mol. The molecular formula is C18H23ClN2O3. The lowest BCUT2D eigenvalue weighted by Crippen LogP contribution is -2.44. The summed E-state index contributed by atoms with van der Waals surface area (Å²) < 4.78 is 11.3. The van der Waals surface area contributed by atoms with E-state index < -0.39 is 0 Å². The number of nitrogens with one attached hydrogen (secondary N) is 1. The molecule has 2 heterocycles. The SMILES string of the molecule is CCc1oc2c(NC(=O)N3CCCC(OC)C3)cc(Cl)cc2c1C. The highest BCUT2D eigenvalue weighted by Gasteiger charge is 2.24. The molecule has 6 heteroatoms. The lowest BCUT2D eigenvalue weighted by Gasteiger charge is -2.31. The molecular weight excluding hydrogens is 328 g/mol. The van der Waals surface area contributed by atoms with E-state index in [1.165, 1.54) is 0 Å². The number of urea groups is 1. The summed E-state index contributed by atoms with van der Waals surface area (Å²) in [4.78, 5) is 14.4. The molecule has 0 bridgehead atoms. The Morgan fingerprint density at radius 2 is 2.29 bits per heavy atom. The maximum atomic E-state index is 12.6. The van der Waals surface area contributed by atoms with Gasteiger partial charge in [-0.05, 0) is 37.5 Å². The number of piperidine rings is 1. The Morgan fingerprint density at radius 1 is 1.50 bits per heavy atom. The maximum absolute atomic E-state index is 12.6. The summed E-state index contributed by atoms with van der Waals surface area (Å²) in [6.45, 7) is 5.39. The van der Waals surface area contributed by atoms with E-state index in [1.807, 2.05) is 19.9 Å². The summed E-state index contributed by atoms with van der Waals surface area (Å²) in [5, 5.41) is 4.49. The second-order valence-electron chi connectivity index (χ2n) is 6.21. The summed E-state index contributed by atoms with van der Waals surface area (Å²) in [7, 11) is 1.69. The summed E-state index contributed by atoms with van der Waals surface area (Å²) >= 11 is 6.24. The minimum atomic E-state index is -0.146. The number of likely N-dealkylation sites (tertiary alicyclic amines) is 1. The zero-order chi connectivity index (χ0) is 17.3. The third kappa shape index (κ3) is 3.23. The number of fused-ring (bicyclic) bond motifs is 1. The van der Waals surface area contributed by atoms with Crippen LogP contribution in [0.1, 0.15) is 31.1 Å². The van der Waals surface area contributed by atoms with E-state index in [1.54, 1.807) is 18.1 Å². The van der Waals surface area contributed by atoms with Crippen LogP contribution in [0, 0.1) is 6.92 Å².